The third kappa shape index (κ3) is 5.19. The van der Waals surface area contributed by atoms with E-state index in [9.17, 15) is 14.0 Å². The molecule has 24 heavy (non-hydrogen) atoms. The molecular weight excluding hydrogens is 307 g/mol. The zero-order valence-corrected chi connectivity index (χ0v) is 13.8. The number of amides is 2. The summed E-state index contributed by atoms with van der Waals surface area (Å²) in [5.74, 6) is -0.690. The lowest BCUT2D eigenvalue weighted by Gasteiger charge is -2.20. The highest BCUT2D eigenvalue weighted by Gasteiger charge is 2.18. The highest BCUT2D eigenvalue weighted by atomic mass is 19.1. The molecule has 0 aliphatic rings. The van der Waals surface area contributed by atoms with Crippen molar-refractivity contribution in [3.05, 3.63) is 71.5 Å². The van der Waals surface area contributed by atoms with Crippen LogP contribution in [0.1, 0.15) is 43.5 Å². The van der Waals surface area contributed by atoms with Crippen LogP contribution in [0.3, 0.4) is 0 Å². The molecule has 0 aliphatic heterocycles. The summed E-state index contributed by atoms with van der Waals surface area (Å²) in [7, 11) is 0. The van der Waals surface area contributed by atoms with Gasteiger partial charge in [-0.05, 0) is 30.2 Å². The van der Waals surface area contributed by atoms with Gasteiger partial charge in [-0.3, -0.25) is 9.59 Å². The highest BCUT2D eigenvalue weighted by Crippen LogP contribution is 2.18. The summed E-state index contributed by atoms with van der Waals surface area (Å²) in [6.45, 7) is 3.26. The summed E-state index contributed by atoms with van der Waals surface area (Å²) in [6, 6.07) is 14.7. The van der Waals surface area contributed by atoms with Gasteiger partial charge < -0.3 is 10.6 Å². The first-order valence-corrected chi connectivity index (χ1v) is 7.82. The summed E-state index contributed by atoms with van der Waals surface area (Å²) in [5.41, 5.74) is 1.69. The fraction of sp³-hybridized carbons (Fsp3) is 0.263. The van der Waals surface area contributed by atoms with E-state index in [1.165, 1.54) is 19.1 Å². The molecule has 0 bridgehead atoms. The molecule has 5 heteroatoms. The summed E-state index contributed by atoms with van der Waals surface area (Å²) in [4.78, 5) is 23.7. The normalized spacial score (nSPS) is 13.0. The van der Waals surface area contributed by atoms with Crippen molar-refractivity contribution in [2.75, 3.05) is 0 Å². The number of carbonyl (C=O) groups is 2. The number of halogens is 1. The quantitative estimate of drug-likeness (QED) is 0.855. The van der Waals surface area contributed by atoms with Crippen LogP contribution in [0.25, 0.3) is 0 Å². The minimum absolute atomic E-state index is 0.134. The van der Waals surface area contributed by atoms with Crippen molar-refractivity contribution in [2.24, 2.45) is 0 Å². The number of nitrogens with one attached hydrogen (secondary N) is 2. The second kappa shape index (κ2) is 8.24. The van der Waals surface area contributed by atoms with Crippen molar-refractivity contribution in [3.8, 4) is 0 Å². The average molecular weight is 328 g/mol. The zero-order valence-electron chi connectivity index (χ0n) is 13.8. The van der Waals surface area contributed by atoms with Crippen LogP contribution >= 0.6 is 0 Å². The minimum atomic E-state index is -0.385. The Bertz CT molecular complexity index is 686. The molecule has 0 heterocycles. The summed E-state index contributed by atoms with van der Waals surface area (Å²) in [6.07, 6.45) is 0.134. The van der Waals surface area contributed by atoms with Crippen LogP contribution in [0.15, 0.2) is 54.6 Å². The van der Waals surface area contributed by atoms with Crippen LogP contribution in [0.2, 0.25) is 0 Å². The molecule has 2 amide bonds. The second-order valence-electron chi connectivity index (χ2n) is 5.71. The van der Waals surface area contributed by atoms with Crippen LogP contribution in [-0.4, -0.2) is 11.8 Å². The summed E-state index contributed by atoms with van der Waals surface area (Å²) in [5, 5.41) is 5.67. The van der Waals surface area contributed by atoms with Gasteiger partial charge in [0.1, 0.15) is 5.82 Å². The lowest BCUT2D eigenvalue weighted by molar-refractivity contribution is -0.123. The Labute approximate surface area is 141 Å². The van der Waals surface area contributed by atoms with Gasteiger partial charge in [-0.25, -0.2) is 4.39 Å². The predicted octanol–water partition coefficient (Wildman–Crippen LogP) is 3.27. The number of benzene rings is 2. The van der Waals surface area contributed by atoms with Gasteiger partial charge in [-0.1, -0.05) is 42.5 Å². The van der Waals surface area contributed by atoms with Crippen LogP contribution in [0.5, 0.6) is 0 Å². The van der Waals surface area contributed by atoms with Crippen molar-refractivity contribution in [1.82, 2.24) is 10.6 Å². The third-order valence-corrected chi connectivity index (χ3v) is 3.72. The van der Waals surface area contributed by atoms with Gasteiger partial charge in [0.05, 0.1) is 18.5 Å². The lowest BCUT2D eigenvalue weighted by atomic mass is 10.0. The predicted molar refractivity (Wildman–Crippen MR) is 90.6 cm³/mol. The van der Waals surface area contributed by atoms with E-state index in [0.29, 0.717) is 0 Å². The number of hydrogen-bond acceptors (Lipinski definition) is 2. The van der Waals surface area contributed by atoms with E-state index < -0.39 is 0 Å². The Morgan fingerprint density at radius 3 is 2.17 bits per heavy atom. The molecular formula is C19H21FN2O2. The second-order valence-corrected chi connectivity index (χ2v) is 5.71. The Balaban J connectivity index is 2.02. The molecule has 0 saturated carbocycles. The van der Waals surface area contributed by atoms with E-state index in [4.69, 9.17) is 0 Å². The maximum atomic E-state index is 13.0. The Kier molecular flexibility index (Phi) is 6.07. The molecule has 2 N–H and O–H groups in total. The molecule has 0 aliphatic carbocycles. The van der Waals surface area contributed by atoms with Crippen molar-refractivity contribution >= 4 is 11.8 Å². The molecule has 126 valence electrons. The van der Waals surface area contributed by atoms with Gasteiger partial charge in [-0.2, -0.15) is 0 Å². The number of carbonyl (C=O) groups excluding carboxylic acids is 2. The summed E-state index contributed by atoms with van der Waals surface area (Å²) >= 11 is 0. The van der Waals surface area contributed by atoms with E-state index in [1.54, 1.807) is 12.1 Å². The van der Waals surface area contributed by atoms with Crippen LogP contribution in [-0.2, 0) is 9.59 Å². The van der Waals surface area contributed by atoms with Gasteiger partial charge in [0.15, 0.2) is 0 Å². The summed E-state index contributed by atoms with van der Waals surface area (Å²) < 4.78 is 13.0. The molecule has 4 nitrogen and oxygen atoms in total. The fourth-order valence-electron chi connectivity index (χ4n) is 2.50. The van der Waals surface area contributed by atoms with E-state index >= 15 is 0 Å². The highest BCUT2D eigenvalue weighted by molar-refractivity contribution is 5.79. The topological polar surface area (TPSA) is 58.2 Å². The van der Waals surface area contributed by atoms with E-state index in [2.05, 4.69) is 10.6 Å². The maximum Gasteiger partial charge on any atom is 0.222 e. The van der Waals surface area contributed by atoms with Crippen molar-refractivity contribution in [2.45, 2.75) is 32.4 Å². The van der Waals surface area contributed by atoms with Crippen LogP contribution < -0.4 is 10.6 Å². The van der Waals surface area contributed by atoms with E-state index in [1.807, 2.05) is 37.3 Å². The molecule has 2 rings (SSSR count). The van der Waals surface area contributed by atoms with Crippen molar-refractivity contribution in [1.29, 1.82) is 0 Å². The third-order valence-electron chi connectivity index (χ3n) is 3.72. The molecule has 0 saturated heterocycles. The fourth-order valence-corrected chi connectivity index (χ4v) is 2.50. The first-order valence-electron chi connectivity index (χ1n) is 7.82. The molecule has 2 atom stereocenters. The van der Waals surface area contributed by atoms with Gasteiger partial charge >= 0.3 is 0 Å². The lowest BCUT2D eigenvalue weighted by Crippen LogP contribution is -2.33. The van der Waals surface area contributed by atoms with E-state index in [-0.39, 0.29) is 36.1 Å². The molecule has 0 aromatic heterocycles. The zero-order chi connectivity index (χ0) is 17.5. The van der Waals surface area contributed by atoms with Crippen molar-refractivity contribution < 1.29 is 14.0 Å². The SMILES string of the molecule is CC(=O)N[C@H](CC(=O)N[C@H](C)c1ccc(F)cc1)c1ccccc1. The van der Waals surface area contributed by atoms with E-state index in [0.717, 1.165) is 11.1 Å². The molecule has 0 unspecified atom stereocenters. The van der Waals surface area contributed by atoms with Gasteiger partial charge in [0.2, 0.25) is 11.8 Å². The van der Waals surface area contributed by atoms with Gasteiger partial charge in [0, 0.05) is 6.92 Å². The Morgan fingerprint density at radius 1 is 0.958 bits per heavy atom. The monoisotopic (exact) mass is 328 g/mol. The molecule has 0 spiro atoms. The first kappa shape index (κ1) is 17.7. The van der Waals surface area contributed by atoms with Crippen LogP contribution in [0.4, 0.5) is 4.39 Å². The smallest absolute Gasteiger partial charge is 0.222 e. The number of rotatable bonds is 6. The molecule has 0 fully saturated rings. The molecule has 2 aromatic carbocycles. The first-order chi connectivity index (χ1) is 11.5. The Hall–Kier alpha value is -2.69. The van der Waals surface area contributed by atoms with Crippen molar-refractivity contribution in [3.63, 3.8) is 0 Å². The van der Waals surface area contributed by atoms with Crippen LogP contribution in [0, 0.1) is 5.82 Å². The Morgan fingerprint density at radius 2 is 1.58 bits per heavy atom. The molecule has 0 radical (unpaired) electrons. The number of hydrogen-bond donors (Lipinski definition) is 2. The molecule has 2 aromatic rings. The largest absolute Gasteiger partial charge is 0.350 e. The standard InChI is InChI=1S/C19H21FN2O2/c1-13(15-8-10-17(20)11-9-15)21-19(24)12-18(22-14(2)23)16-6-4-3-5-7-16/h3-11,13,18H,12H2,1-2H3,(H,21,24)(H,22,23)/t13-,18-/m1/s1. The van der Waals surface area contributed by atoms with Gasteiger partial charge in [0.25, 0.3) is 0 Å². The average Bonchev–Trinajstić information content (AvgIpc) is 2.55. The maximum absolute atomic E-state index is 13.0. The van der Waals surface area contributed by atoms with Gasteiger partial charge in [-0.15, -0.1) is 0 Å². The minimum Gasteiger partial charge on any atom is -0.350 e.